The highest BCUT2D eigenvalue weighted by Crippen LogP contribution is 2.32. The van der Waals surface area contributed by atoms with Gasteiger partial charge in [0, 0.05) is 45.1 Å². The van der Waals surface area contributed by atoms with Gasteiger partial charge in [0.2, 0.25) is 71.3 Å². The van der Waals surface area contributed by atoms with Crippen LogP contribution in [-0.2, 0) is 81.3 Å². The van der Waals surface area contributed by atoms with Crippen molar-refractivity contribution in [2.75, 3.05) is 47.5 Å². The van der Waals surface area contributed by atoms with Gasteiger partial charge >= 0.3 is 5.97 Å². The number of hydrogen-bond acceptors (Lipinski definition) is 26. The fourth-order valence-electron chi connectivity index (χ4n) is 12.4. The Morgan fingerprint density at radius 1 is 0.811 bits per heavy atom. The molecule has 12 amide bonds. The molecule has 25 atom stereocenters. The minimum absolute atomic E-state index is 0.00839. The number of rotatable bonds is 29. The number of alkyl halides is 1. The van der Waals surface area contributed by atoms with E-state index >= 15 is 19.2 Å². The van der Waals surface area contributed by atoms with Crippen molar-refractivity contribution >= 4 is 88.5 Å². The maximum Gasteiger partial charge on any atom is 0.329 e. The number of carbonyl (C=O) groups excluding carboxylic acids is 13. The Morgan fingerprint density at radius 3 is 1.98 bits per heavy atom. The zero-order valence-corrected chi connectivity index (χ0v) is 66.1. The third-order valence-electron chi connectivity index (χ3n) is 19.6. The molecule has 3 fully saturated rings. The molecule has 0 radical (unpaired) electrons. The molecule has 3 aliphatic heterocycles. The summed E-state index contributed by atoms with van der Waals surface area (Å²) in [4.78, 5) is 189. The van der Waals surface area contributed by atoms with Gasteiger partial charge in [-0.15, -0.1) is 11.6 Å². The van der Waals surface area contributed by atoms with E-state index in [0.717, 1.165) is 63.8 Å². The van der Waals surface area contributed by atoms with Gasteiger partial charge < -0.3 is 129 Å². The highest BCUT2D eigenvalue weighted by atomic mass is 35.5. The van der Waals surface area contributed by atoms with E-state index in [0.29, 0.717) is 0 Å². The van der Waals surface area contributed by atoms with Crippen molar-refractivity contribution in [2.45, 2.75) is 242 Å². The molecule has 4 rings (SSSR count). The summed E-state index contributed by atoms with van der Waals surface area (Å²) in [7, 11) is 3.43. The first-order chi connectivity index (χ1) is 51.8. The summed E-state index contributed by atoms with van der Waals surface area (Å²) in [5, 5.41) is 95.7. The average Bonchev–Trinajstić information content (AvgIpc) is 0.788. The molecule has 3 saturated heterocycles. The SMILES string of the molecule is CC[C@@H](C)/C=C(C)/C=C\[C@@H](O)[C@](C)(O)C(=O)NCC(=O)N[C@H](C(=O)N[C@H](C(=O)N[C@H](C(=O)N[C@@H]1C(=O)N[C@H](COC)C(=O)NCC(=O)N[C@@H](C)C(=O)N(C)[C@@H]([C@@H](C)O)C(=O)N[C@H]([C@H](OC)c2ccc(O[C@@H]3O[C@@H](C)[C@H](O)[C@@H](O)[C@H]3O)cc2)C(=O)N2CC[C@H](Cl)C[C@H]2C(=O)O[C@@H]1C(C)C)[C@@H](C)[C@@H](C)C(N)=O)[C@@H](C)N)[C@@H](C)O. The summed E-state index contributed by atoms with van der Waals surface area (Å²) in [5.41, 5.74) is 10.4. The lowest BCUT2D eigenvalue weighted by Crippen LogP contribution is -2.66. The van der Waals surface area contributed by atoms with Crippen LogP contribution in [0.15, 0.2) is 48.1 Å². The molecule has 0 bridgehead atoms. The van der Waals surface area contributed by atoms with Crippen molar-refractivity contribution in [1.29, 1.82) is 0 Å². The summed E-state index contributed by atoms with van der Waals surface area (Å²) in [6, 6.07) is -12.7. The monoisotopic (exact) mass is 1600 g/mol. The normalized spacial score (nSPS) is 28.1. The lowest BCUT2D eigenvalue weighted by molar-refractivity contribution is -0.268. The highest BCUT2D eigenvalue weighted by molar-refractivity contribution is 6.21. The van der Waals surface area contributed by atoms with Crippen LogP contribution in [0.25, 0.3) is 0 Å². The van der Waals surface area contributed by atoms with Crippen molar-refractivity contribution < 1.29 is 122 Å². The summed E-state index contributed by atoms with van der Waals surface area (Å²) in [6.45, 7) is 15.5. The molecule has 0 saturated carbocycles. The molecule has 0 aromatic heterocycles. The number of nitrogens with zero attached hydrogens (tertiary/aromatic N) is 2. The number of cyclic esters (lactones) is 1. The van der Waals surface area contributed by atoms with Crippen molar-refractivity contribution in [2.24, 2.45) is 35.1 Å². The van der Waals surface area contributed by atoms with Crippen LogP contribution in [-0.4, -0.2) is 296 Å². The van der Waals surface area contributed by atoms with Gasteiger partial charge in [-0.2, -0.15) is 0 Å². The lowest BCUT2D eigenvalue weighted by atomic mass is 9.87. The topological polar surface area (TPSA) is 576 Å². The van der Waals surface area contributed by atoms with Crippen LogP contribution in [0.2, 0.25) is 0 Å². The second-order valence-corrected chi connectivity index (χ2v) is 29.7. The van der Waals surface area contributed by atoms with Gasteiger partial charge in [-0.05, 0) is 96.8 Å². The first-order valence-electron chi connectivity index (χ1n) is 36.5. The number of methoxy groups -OCH3 is 2. The Bertz CT molecular complexity index is 3480. The molecule has 1 aromatic rings. The van der Waals surface area contributed by atoms with Gasteiger partial charge in [-0.25, -0.2) is 4.79 Å². The summed E-state index contributed by atoms with van der Waals surface area (Å²) in [5.74, 6) is -18.7. The molecule has 3 aliphatic rings. The standard InChI is InChI=1S/C72H114ClN13O25/c1-17-32(4)26-33(5)18-23-46(89)72(13,106)71(105)77-29-48(91)80-51(38(10)87)64(99)82-50(36(8)74)63(98)81-49(34(6)35(7)60(75)95)62(97)83-52-58(31(2)3)111-69(104)45-27-42(73)24-25-86(45)68(103)53(59(108-16)41-19-21-43(22-20-41)110-70-57(94)56(93)55(92)40(12)109-70)84-66(101)54(39(11)88)85(14)67(102)37(9)78-47(90)28-76-61(96)44(30-107-15)79-65(52)100/h18-23,26,31-32,34-40,42,44-46,49-59,70,87-89,92-94,106H,17,24-25,27-30,74H2,1-16H3,(H2,75,95)(H,76,96)(H,77,105)(H,78,90)(H,79,100)(H,80,91)(H,81,98)(H,82,99)(H,83,97)(H,84,101)/b23-18-,33-26+/t32-,34+,35-,36-,37+,38-,39-,40+,42+,44-,45+,46-,49+,50+,51+,52+,53-,54+,55+,56-,57-,58-,59-,70+,72+/m1/s1. The second-order valence-electron chi connectivity index (χ2n) is 29.1. The highest BCUT2D eigenvalue weighted by Gasteiger charge is 2.49. The number of carbonyl (C=O) groups is 13. The minimum atomic E-state index is -2.48. The molecule has 1 aromatic carbocycles. The number of piperidine rings is 1. The van der Waals surface area contributed by atoms with Crippen LogP contribution in [0.4, 0.5) is 0 Å². The molecule has 38 nitrogen and oxygen atoms in total. The first-order valence-corrected chi connectivity index (χ1v) is 36.9. The number of benzene rings is 1. The van der Waals surface area contributed by atoms with E-state index in [2.05, 4.69) is 47.9 Å². The Kier molecular flexibility index (Phi) is 36.7. The van der Waals surface area contributed by atoms with E-state index < -0.39 is 247 Å². The molecule has 0 aliphatic carbocycles. The Labute approximate surface area is 649 Å². The lowest BCUT2D eigenvalue weighted by Gasteiger charge is -2.41. The number of nitrogens with two attached hydrogens (primary N) is 2. The molecule has 39 heteroatoms. The smallest absolute Gasteiger partial charge is 0.329 e. The quantitative estimate of drug-likeness (QED) is 0.0202. The van der Waals surface area contributed by atoms with E-state index in [4.69, 9.17) is 46.8 Å². The number of nitrogens with one attached hydrogen (secondary N) is 9. The number of allylic oxidation sites excluding steroid dienone is 3. The molecule has 111 heavy (non-hydrogen) atoms. The Morgan fingerprint density at radius 2 is 1.42 bits per heavy atom. The molecular formula is C72H114ClN13O25. The third-order valence-corrected chi connectivity index (χ3v) is 20.0. The van der Waals surface area contributed by atoms with Gasteiger partial charge in [0.1, 0.15) is 96.7 Å². The maximum atomic E-state index is 15.7. The number of aliphatic hydroxyl groups excluding tert-OH is 6. The van der Waals surface area contributed by atoms with Crippen molar-refractivity contribution in [3.05, 3.63) is 53.6 Å². The van der Waals surface area contributed by atoms with E-state index in [1.165, 1.54) is 84.9 Å². The first kappa shape index (κ1) is 94.8. The molecule has 0 spiro atoms. The summed E-state index contributed by atoms with van der Waals surface area (Å²) >= 11 is 6.81. The third kappa shape index (κ3) is 26.0. The number of ether oxygens (including phenoxy) is 5. The summed E-state index contributed by atoms with van der Waals surface area (Å²) < 4.78 is 28.9. The van der Waals surface area contributed by atoms with Gasteiger partial charge in [0.25, 0.3) is 5.91 Å². The number of amides is 12. The largest absolute Gasteiger partial charge is 0.462 e. The second kappa shape index (κ2) is 42.9. The molecule has 20 N–H and O–H groups in total. The van der Waals surface area contributed by atoms with Crippen LogP contribution < -0.4 is 64.1 Å². The van der Waals surface area contributed by atoms with Gasteiger partial charge in [-0.1, -0.05) is 83.9 Å². The van der Waals surface area contributed by atoms with Crippen LogP contribution in [0.1, 0.15) is 121 Å². The maximum absolute atomic E-state index is 15.7. The molecule has 0 unspecified atom stereocenters. The van der Waals surface area contributed by atoms with Gasteiger partial charge in [0.05, 0.1) is 38.0 Å². The minimum Gasteiger partial charge on any atom is -0.462 e. The fourth-order valence-corrected chi connectivity index (χ4v) is 12.6. The zero-order chi connectivity index (χ0) is 84.1. The van der Waals surface area contributed by atoms with Crippen molar-refractivity contribution in [3.63, 3.8) is 0 Å². The van der Waals surface area contributed by atoms with Crippen LogP contribution >= 0.6 is 11.6 Å². The number of likely N-dealkylation sites (N-methyl/N-ethyl adjacent to an activating group) is 1. The van der Waals surface area contributed by atoms with E-state index in [1.54, 1.807) is 6.92 Å². The molecular weight excluding hydrogens is 1480 g/mol. The zero-order valence-electron chi connectivity index (χ0n) is 65.3. The fraction of sp³-hybridized carbons (Fsp3) is 0.681. The number of fused-ring (bicyclic) bond motifs is 1. The van der Waals surface area contributed by atoms with Crippen molar-refractivity contribution in [1.82, 2.24) is 57.7 Å². The van der Waals surface area contributed by atoms with Gasteiger partial charge in [-0.3, -0.25) is 57.5 Å². The number of aliphatic hydroxyl groups is 7. The number of esters is 1. The van der Waals surface area contributed by atoms with Gasteiger partial charge in [0.15, 0.2) is 5.60 Å². The predicted molar refractivity (Wildman–Crippen MR) is 395 cm³/mol. The Balaban J connectivity index is 1.84. The van der Waals surface area contributed by atoms with Crippen molar-refractivity contribution in [3.8, 4) is 5.75 Å². The molecule has 624 valence electrons. The van der Waals surface area contributed by atoms with Crippen LogP contribution in [0, 0.1) is 23.7 Å². The van der Waals surface area contributed by atoms with E-state index in [-0.39, 0.29) is 36.6 Å². The van der Waals surface area contributed by atoms with Crippen LogP contribution in [0.5, 0.6) is 5.75 Å². The Hall–Kier alpha value is -8.54. The average molecular weight is 1600 g/mol. The number of hydrogen-bond donors (Lipinski definition) is 18. The molecule has 3 heterocycles. The number of primary amides is 1. The van der Waals surface area contributed by atoms with E-state index in [9.17, 15) is 78.9 Å². The van der Waals surface area contributed by atoms with E-state index in [1.807, 2.05) is 19.9 Å². The van der Waals surface area contributed by atoms with Crippen LogP contribution in [0.3, 0.4) is 0 Å². The predicted octanol–water partition coefficient (Wildman–Crippen LogP) is -5.59. The number of halogens is 1. The summed E-state index contributed by atoms with van der Waals surface area (Å²) in [6.07, 6.45) is -10.9.